The Balaban J connectivity index is 2.48. The average Bonchev–Trinajstić information content (AvgIpc) is 2.26. The van der Waals surface area contributed by atoms with Gasteiger partial charge in [0.25, 0.3) is 5.91 Å². The SMILES string of the molecule is O=C(NCCSC(F)(F)F)c1cc(Br)ccc1Cl. The Morgan fingerprint density at radius 1 is 1.44 bits per heavy atom. The third-order valence-corrected chi connectivity index (χ3v) is 3.38. The topological polar surface area (TPSA) is 29.1 Å². The second-order valence-electron chi connectivity index (χ2n) is 3.17. The fraction of sp³-hybridized carbons (Fsp3) is 0.300. The molecule has 0 aromatic heterocycles. The fourth-order valence-corrected chi connectivity index (χ4v) is 2.10. The molecule has 0 aliphatic carbocycles. The number of nitrogens with one attached hydrogen (secondary N) is 1. The van der Waals surface area contributed by atoms with Gasteiger partial charge in [0.2, 0.25) is 0 Å². The van der Waals surface area contributed by atoms with Gasteiger partial charge in [-0.1, -0.05) is 27.5 Å². The smallest absolute Gasteiger partial charge is 0.351 e. The van der Waals surface area contributed by atoms with Crippen LogP contribution in [0.1, 0.15) is 10.4 Å². The van der Waals surface area contributed by atoms with Crippen molar-refractivity contribution < 1.29 is 18.0 Å². The molecular formula is C10H8BrClF3NOS. The van der Waals surface area contributed by atoms with Crippen LogP contribution in [0.2, 0.25) is 5.02 Å². The van der Waals surface area contributed by atoms with Crippen molar-refractivity contribution >= 4 is 45.2 Å². The highest BCUT2D eigenvalue weighted by Crippen LogP contribution is 2.29. The van der Waals surface area contributed by atoms with Crippen molar-refractivity contribution in [1.82, 2.24) is 5.32 Å². The Labute approximate surface area is 119 Å². The van der Waals surface area contributed by atoms with Crippen LogP contribution in [-0.2, 0) is 0 Å². The molecule has 0 bridgehead atoms. The molecule has 0 fully saturated rings. The molecule has 1 rings (SSSR count). The number of alkyl halides is 3. The minimum absolute atomic E-state index is 0.0775. The molecule has 0 saturated carbocycles. The van der Waals surface area contributed by atoms with Gasteiger partial charge in [0, 0.05) is 16.8 Å². The molecule has 0 heterocycles. The minimum Gasteiger partial charge on any atom is -0.351 e. The van der Waals surface area contributed by atoms with E-state index in [1.165, 1.54) is 12.1 Å². The predicted molar refractivity (Wildman–Crippen MR) is 70.0 cm³/mol. The Morgan fingerprint density at radius 2 is 2.11 bits per heavy atom. The van der Waals surface area contributed by atoms with Crippen LogP contribution in [0.5, 0.6) is 0 Å². The molecule has 2 nitrogen and oxygen atoms in total. The molecule has 0 unspecified atom stereocenters. The van der Waals surface area contributed by atoms with Crippen molar-refractivity contribution in [2.24, 2.45) is 0 Å². The highest BCUT2D eigenvalue weighted by atomic mass is 79.9. The van der Waals surface area contributed by atoms with Gasteiger partial charge in [-0.15, -0.1) is 0 Å². The van der Waals surface area contributed by atoms with Gasteiger partial charge in [-0.25, -0.2) is 0 Å². The van der Waals surface area contributed by atoms with Gasteiger partial charge >= 0.3 is 5.51 Å². The van der Waals surface area contributed by atoms with Gasteiger partial charge < -0.3 is 5.32 Å². The normalized spacial score (nSPS) is 11.4. The summed E-state index contributed by atoms with van der Waals surface area (Å²) in [6.45, 7) is -0.0775. The van der Waals surface area contributed by atoms with E-state index in [4.69, 9.17) is 11.6 Å². The largest absolute Gasteiger partial charge is 0.441 e. The van der Waals surface area contributed by atoms with Crippen molar-refractivity contribution in [3.05, 3.63) is 33.3 Å². The number of carbonyl (C=O) groups is 1. The van der Waals surface area contributed by atoms with Gasteiger partial charge in [0.1, 0.15) is 0 Å². The summed E-state index contributed by atoms with van der Waals surface area (Å²) >= 11 is 8.81. The number of hydrogen-bond donors (Lipinski definition) is 1. The van der Waals surface area contributed by atoms with Crippen LogP contribution in [0.3, 0.4) is 0 Å². The number of benzene rings is 1. The zero-order valence-electron chi connectivity index (χ0n) is 8.85. The van der Waals surface area contributed by atoms with E-state index in [0.717, 1.165) is 0 Å². The van der Waals surface area contributed by atoms with Gasteiger partial charge in [0.05, 0.1) is 10.6 Å². The van der Waals surface area contributed by atoms with Gasteiger partial charge in [-0.3, -0.25) is 4.79 Å². The number of thioether (sulfide) groups is 1. The molecule has 0 saturated heterocycles. The van der Waals surface area contributed by atoms with E-state index in [0.29, 0.717) is 4.47 Å². The maximum absolute atomic E-state index is 11.8. The zero-order chi connectivity index (χ0) is 13.8. The van der Waals surface area contributed by atoms with Gasteiger partial charge in [-0.2, -0.15) is 13.2 Å². The second-order valence-corrected chi connectivity index (χ2v) is 5.66. The molecule has 100 valence electrons. The molecule has 1 aromatic carbocycles. The summed E-state index contributed by atoms with van der Waals surface area (Å²) in [4.78, 5) is 11.6. The lowest BCUT2D eigenvalue weighted by molar-refractivity contribution is -0.0327. The first-order chi connectivity index (χ1) is 8.29. The third kappa shape index (κ3) is 5.49. The highest BCUT2D eigenvalue weighted by Gasteiger charge is 2.27. The van der Waals surface area contributed by atoms with Crippen LogP contribution in [0.4, 0.5) is 13.2 Å². The van der Waals surface area contributed by atoms with E-state index in [1.807, 2.05) is 0 Å². The molecule has 8 heteroatoms. The quantitative estimate of drug-likeness (QED) is 0.818. The molecule has 1 N–H and O–H groups in total. The van der Waals surface area contributed by atoms with Crippen LogP contribution in [0.25, 0.3) is 0 Å². The Hall–Kier alpha value is -0.400. The summed E-state index contributed by atoms with van der Waals surface area (Å²) in [5.74, 6) is -0.731. The highest BCUT2D eigenvalue weighted by molar-refractivity contribution is 9.10. The number of halogens is 5. The molecule has 0 spiro atoms. The summed E-state index contributed by atoms with van der Waals surface area (Å²) in [6.07, 6.45) is 0. The van der Waals surface area contributed by atoms with Crippen molar-refractivity contribution in [2.75, 3.05) is 12.3 Å². The summed E-state index contributed by atoms with van der Waals surface area (Å²) in [5, 5.41) is 2.62. The molecular weight excluding hydrogens is 355 g/mol. The summed E-state index contributed by atoms with van der Waals surface area (Å²) < 4.78 is 36.2. The van der Waals surface area contributed by atoms with Gasteiger partial charge in [-0.05, 0) is 30.0 Å². The summed E-state index contributed by atoms with van der Waals surface area (Å²) in [5.41, 5.74) is -4.05. The first-order valence-electron chi connectivity index (χ1n) is 4.73. The standard InChI is InChI=1S/C10H8BrClF3NOS/c11-6-1-2-8(12)7(5-6)9(17)16-3-4-18-10(13,14)15/h1-2,5H,3-4H2,(H,16,17). The minimum atomic E-state index is -4.28. The van der Waals surface area contributed by atoms with E-state index < -0.39 is 11.4 Å². The van der Waals surface area contributed by atoms with E-state index in [2.05, 4.69) is 21.2 Å². The Kier molecular flexibility index (Phi) is 5.81. The lowest BCUT2D eigenvalue weighted by atomic mass is 10.2. The number of amides is 1. The number of carbonyl (C=O) groups excluding carboxylic acids is 1. The van der Waals surface area contributed by atoms with E-state index >= 15 is 0 Å². The van der Waals surface area contributed by atoms with Gasteiger partial charge in [0.15, 0.2) is 0 Å². The molecule has 0 atom stereocenters. The molecule has 1 aromatic rings. The first kappa shape index (κ1) is 15.7. The van der Waals surface area contributed by atoms with Crippen molar-refractivity contribution in [1.29, 1.82) is 0 Å². The molecule has 18 heavy (non-hydrogen) atoms. The summed E-state index contributed by atoms with van der Waals surface area (Å²) in [6, 6.07) is 4.71. The van der Waals surface area contributed by atoms with Crippen LogP contribution in [0.15, 0.2) is 22.7 Å². The maximum Gasteiger partial charge on any atom is 0.441 e. The lowest BCUT2D eigenvalue weighted by Crippen LogP contribution is -2.26. The monoisotopic (exact) mass is 361 g/mol. The predicted octanol–water partition coefficient (Wildman–Crippen LogP) is 4.09. The van der Waals surface area contributed by atoms with E-state index in [1.54, 1.807) is 6.07 Å². The average molecular weight is 363 g/mol. The molecule has 0 aliphatic heterocycles. The van der Waals surface area contributed by atoms with Crippen molar-refractivity contribution in [3.8, 4) is 0 Å². The zero-order valence-corrected chi connectivity index (χ0v) is 12.0. The summed E-state index contributed by atoms with van der Waals surface area (Å²) in [7, 11) is 0. The number of rotatable bonds is 4. The van der Waals surface area contributed by atoms with Crippen LogP contribution in [0, 0.1) is 0 Å². The molecule has 1 amide bonds. The number of hydrogen-bond acceptors (Lipinski definition) is 2. The first-order valence-corrected chi connectivity index (χ1v) is 6.89. The Morgan fingerprint density at radius 3 is 2.72 bits per heavy atom. The van der Waals surface area contributed by atoms with E-state index in [9.17, 15) is 18.0 Å². The van der Waals surface area contributed by atoms with Crippen molar-refractivity contribution in [2.45, 2.75) is 5.51 Å². The molecule has 0 radical (unpaired) electrons. The van der Waals surface area contributed by atoms with Crippen LogP contribution >= 0.6 is 39.3 Å². The second kappa shape index (κ2) is 6.68. The maximum atomic E-state index is 11.8. The van der Waals surface area contributed by atoms with Crippen molar-refractivity contribution in [3.63, 3.8) is 0 Å². The Bertz CT molecular complexity index is 442. The van der Waals surface area contributed by atoms with Crippen LogP contribution in [-0.4, -0.2) is 23.7 Å². The third-order valence-electron chi connectivity index (χ3n) is 1.83. The molecule has 0 aliphatic rings. The lowest BCUT2D eigenvalue weighted by Gasteiger charge is -2.08. The van der Waals surface area contributed by atoms with E-state index in [-0.39, 0.29) is 34.6 Å². The fourth-order valence-electron chi connectivity index (χ4n) is 1.10. The van der Waals surface area contributed by atoms with Crippen LogP contribution < -0.4 is 5.32 Å².